The Balaban J connectivity index is 2.14. The molecule has 0 bridgehead atoms. The van der Waals surface area contributed by atoms with Crippen molar-refractivity contribution in [3.8, 4) is 5.75 Å². The second-order valence-corrected chi connectivity index (χ2v) is 5.30. The van der Waals surface area contributed by atoms with Crippen LogP contribution in [0.5, 0.6) is 5.75 Å². The van der Waals surface area contributed by atoms with Gasteiger partial charge in [-0.3, -0.25) is 4.79 Å². The summed E-state index contributed by atoms with van der Waals surface area (Å²) < 4.78 is 29.2. The van der Waals surface area contributed by atoms with E-state index in [2.05, 4.69) is 11.7 Å². The molecule has 0 saturated carbocycles. The van der Waals surface area contributed by atoms with E-state index in [0.717, 1.165) is 12.8 Å². The molecule has 1 aliphatic rings. The third kappa shape index (κ3) is 3.69. The average Bonchev–Trinajstić information content (AvgIpc) is 2.80. The van der Waals surface area contributed by atoms with Crippen molar-refractivity contribution in [2.24, 2.45) is 11.7 Å². The molecule has 1 heterocycles. The zero-order chi connectivity index (χ0) is 15.4. The molecule has 1 aromatic rings. The molecule has 2 rings (SSSR count). The van der Waals surface area contributed by atoms with Crippen LogP contribution in [0.4, 0.5) is 8.78 Å². The van der Waals surface area contributed by atoms with Gasteiger partial charge in [0.1, 0.15) is 5.75 Å². The van der Waals surface area contributed by atoms with Crippen LogP contribution in [0, 0.1) is 5.92 Å². The maximum Gasteiger partial charge on any atom is 0.387 e. The number of para-hydroxylation sites is 1. The molecular formula is C15H20F2N2O2. The predicted molar refractivity (Wildman–Crippen MR) is 75.4 cm³/mol. The predicted octanol–water partition coefficient (Wildman–Crippen LogP) is 2.49. The lowest BCUT2D eigenvalue weighted by molar-refractivity contribution is -0.0502. The maximum absolute atomic E-state index is 12.5. The van der Waals surface area contributed by atoms with Crippen molar-refractivity contribution in [2.75, 3.05) is 13.1 Å². The molecule has 6 heteroatoms. The number of carbonyl (C=O) groups is 1. The van der Waals surface area contributed by atoms with Gasteiger partial charge in [-0.25, -0.2) is 0 Å². The van der Waals surface area contributed by atoms with Crippen LogP contribution in [0.15, 0.2) is 24.3 Å². The van der Waals surface area contributed by atoms with Gasteiger partial charge in [0.15, 0.2) is 0 Å². The second-order valence-electron chi connectivity index (χ2n) is 5.30. The summed E-state index contributed by atoms with van der Waals surface area (Å²) in [6.07, 6.45) is 1.96. The van der Waals surface area contributed by atoms with Gasteiger partial charge in [0.05, 0.1) is 5.56 Å². The Hall–Kier alpha value is -1.69. The summed E-state index contributed by atoms with van der Waals surface area (Å²) in [6, 6.07) is 6.00. The summed E-state index contributed by atoms with van der Waals surface area (Å²) >= 11 is 0. The van der Waals surface area contributed by atoms with E-state index < -0.39 is 6.61 Å². The highest BCUT2D eigenvalue weighted by atomic mass is 19.3. The van der Waals surface area contributed by atoms with Gasteiger partial charge < -0.3 is 15.4 Å². The number of ether oxygens (including phenoxy) is 1. The first-order chi connectivity index (χ1) is 10.0. The van der Waals surface area contributed by atoms with E-state index in [-0.39, 0.29) is 29.2 Å². The summed E-state index contributed by atoms with van der Waals surface area (Å²) in [5.41, 5.74) is 6.20. The molecule has 2 atom stereocenters. The van der Waals surface area contributed by atoms with Crippen molar-refractivity contribution in [1.82, 2.24) is 4.90 Å². The van der Waals surface area contributed by atoms with Gasteiger partial charge in [-0.15, -0.1) is 0 Å². The van der Waals surface area contributed by atoms with Gasteiger partial charge in [-0.05, 0) is 24.5 Å². The number of benzene rings is 1. The normalized spacial score (nSPS) is 21.9. The molecule has 2 N–H and O–H groups in total. The van der Waals surface area contributed by atoms with E-state index in [1.807, 2.05) is 0 Å². The fraction of sp³-hybridized carbons (Fsp3) is 0.533. The van der Waals surface area contributed by atoms with Crippen LogP contribution >= 0.6 is 0 Å². The van der Waals surface area contributed by atoms with Crippen molar-refractivity contribution in [3.63, 3.8) is 0 Å². The first-order valence-electron chi connectivity index (χ1n) is 7.11. The van der Waals surface area contributed by atoms with Crippen molar-refractivity contribution >= 4 is 5.91 Å². The van der Waals surface area contributed by atoms with Crippen LogP contribution < -0.4 is 10.5 Å². The van der Waals surface area contributed by atoms with Gasteiger partial charge in [0, 0.05) is 19.1 Å². The fourth-order valence-corrected chi connectivity index (χ4v) is 2.75. The molecule has 1 aromatic carbocycles. The molecule has 2 unspecified atom stereocenters. The minimum Gasteiger partial charge on any atom is -0.434 e. The molecule has 21 heavy (non-hydrogen) atoms. The number of rotatable bonds is 5. The zero-order valence-corrected chi connectivity index (χ0v) is 12.0. The van der Waals surface area contributed by atoms with Gasteiger partial charge in [0.2, 0.25) is 0 Å². The third-order valence-corrected chi connectivity index (χ3v) is 3.77. The highest BCUT2D eigenvalue weighted by Crippen LogP contribution is 2.26. The Morgan fingerprint density at radius 2 is 2.14 bits per heavy atom. The molecule has 1 fully saturated rings. The first kappa shape index (κ1) is 15.7. The molecule has 0 radical (unpaired) electrons. The second kappa shape index (κ2) is 6.85. The number of amides is 1. The van der Waals surface area contributed by atoms with Crippen LogP contribution in [0.2, 0.25) is 0 Å². The topological polar surface area (TPSA) is 55.6 Å². The number of likely N-dealkylation sites (tertiary alicyclic amines) is 1. The molecule has 1 aliphatic heterocycles. The minimum atomic E-state index is -2.95. The molecule has 0 aromatic heterocycles. The summed E-state index contributed by atoms with van der Waals surface area (Å²) in [4.78, 5) is 14.1. The minimum absolute atomic E-state index is 0.0583. The van der Waals surface area contributed by atoms with Crippen LogP contribution in [-0.2, 0) is 0 Å². The highest BCUT2D eigenvalue weighted by molar-refractivity contribution is 5.97. The van der Waals surface area contributed by atoms with E-state index in [0.29, 0.717) is 13.1 Å². The maximum atomic E-state index is 12.5. The molecule has 0 spiro atoms. The largest absolute Gasteiger partial charge is 0.434 e. The quantitative estimate of drug-likeness (QED) is 0.908. The van der Waals surface area contributed by atoms with Crippen LogP contribution in [0.1, 0.15) is 30.1 Å². The fourth-order valence-electron chi connectivity index (χ4n) is 2.75. The number of hydrogen-bond donors (Lipinski definition) is 1. The Morgan fingerprint density at radius 3 is 2.81 bits per heavy atom. The number of carbonyl (C=O) groups excluding carboxylic acids is 1. The first-order valence-corrected chi connectivity index (χ1v) is 7.11. The zero-order valence-electron chi connectivity index (χ0n) is 12.0. The molecule has 116 valence electrons. The van der Waals surface area contributed by atoms with E-state index in [9.17, 15) is 13.6 Å². The summed E-state index contributed by atoms with van der Waals surface area (Å²) in [5.74, 6) is -0.132. The van der Waals surface area contributed by atoms with Crippen LogP contribution in [0.25, 0.3) is 0 Å². The van der Waals surface area contributed by atoms with Crippen molar-refractivity contribution < 1.29 is 18.3 Å². The molecule has 0 aliphatic carbocycles. The van der Waals surface area contributed by atoms with E-state index in [4.69, 9.17) is 5.73 Å². The van der Waals surface area contributed by atoms with Gasteiger partial charge in [0.25, 0.3) is 5.91 Å². The van der Waals surface area contributed by atoms with Crippen LogP contribution in [-0.4, -0.2) is 36.5 Å². The molecule has 4 nitrogen and oxygen atoms in total. The number of halogens is 2. The molecular weight excluding hydrogens is 278 g/mol. The smallest absolute Gasteiger partial charge is 0.387 e. The summed E-state index contributed by atoms with van der Waals surface area (Å²) in [7, 11) is 0. The standard InChI is InChI=1S/C15H20F2N2O2/c1-2-5-10-8-19(9-12(10)18)14(20)11-6-3-4-7-13(11)21-15(16)17/h3-4,6-7,10,12,15H,2,5,8-9,18H2,1H3. The Labute approximate surface area is 122 Å². The van der Waals surface area contributed by atoms with Gasteiger partial charge in [-0.2, -0.15) is 8.78 Å². The number of nitrogens with two attached hydrogens (primary N) is 1. The number of nitrogens with zero attached hydrogens (tertiary/aromatic N) is 1. The lowest BCUT2D eigenvalue weighted by Gasteiger charge is -2.18. The third-order valence-electron chi connectivity index (χ3n) is 3.77. The highest BCUT2D eigenvalue weighted by Gasteiger charge is 2.33. The average molecular weight is 298 g/mol. The lowest BCUT2D eigenvalue weighted by Crippen LogP contribution is -2.32. The SMILES string of the molecule is CCCC1CN(C(=O)c2ccccc2OC(F)F)CC1N. The summed E-state index contributed by atoms with van der Waals surface area (Å²) in [6.45, 7) is 0.138. The Kier molecular flexibility index (Phi) is 5.12. The van der Waals surface area contributed by atoms with Crippen molar-refractivity contribution in [3.05, 3.63) is 29.8 Å². The van der Waals surface area contributed by atoms with Crippen LogP contribution in [0.3, 0.4) is 0 Å². The van der Waals surface area contributed by atoms with E-state index in [1.54, 1.807) is 17.0 Å². The number of hydrogen-bond acceptors (Lipinski definition) is 3. The van der Waals surface area contributed by atoms with E-state index in [1.165, 1.54) is 12.1 Å². The van der Waals surface area contributed by atoms with Crippen molar-refractivity contribution in [2.45, 2.75) is 32.4 Å². The van der Waals surface area contributed by atoms with Crippen molar-refractivity contribution in [1.29, 1.82) is 0 Å². The lowest BCUT2D eigenvalue weighted by atomic mass is 9.99. The molecule has 1 saturated heterocycles. The summed E-state index contributed by atoms with van der Waals surface area (Å²) in [5, 5.41) is 0. The Morgan fingerprint density at radius 1 is 1.43 bits per heavy atom. The Bertz CT molecular complexity index is 496. The van der Waals surface area contributed by atoms with Gasteiger partial charge in [-0.1, -0.05) is 25.5 Å². The monoisotopic (exact) mass is 298 g/mol. The number of alkyl halides is 2. The molecule has 1 amide bonds. The van der Waals surface area contributed by atoms with Gasteiger partial charge >= 0.3 is 6.61 Å². The van der Waals surface area contributed by atoms with E-state index >= 15 is 0 Å².